The first kappa shape index (κ1) is 19.2. The number of rotatable bonds is 5. The first-order valence-electron chi connectivity index (χ1n) is 8.97. The third-order valence-electron chi connectivity index (χ3n) is 4.90. The number of carbonyl (C=O) groups is 2. The molecule has 27 heavy (non-hydrogen) atoms. The van der Waals surface area contributed by atoms with Crippen LogP contribution < -0.4 is 15.0 Å². The summed E-state index contributed by atoms with van der Waals surface area (Å²) in [6, 6.07) is 11.2. The number of para-hydroxylation sites is 1. The van der Waals surface area contributed by atoms with Gasteiger partial charge in [0.2, 0.25) is 11.8 Å². The van der Waals surface area contributed by atoms with Crippen molar-refractivity contribution in [3.8, 4) is 5.75 Å². The lowest BCUT2D eigenvalue weighted by molar-refractivity contribution is -0.122. The van der Waals surface area contributed by atoms with E-state index in [9.17, 15) is 9.59 Å². The van der Waals surface area contributed by atoms with Crippen LogP contribution in [0, 0.1) is 12.8 Å². The topological polar surface area (TPSA) is 58.6 Å². The van der Waals surface area contributed by atoms with E-state index in [1.54, 1.807) is 11.0 Å². The summed E-state index contributed by atoms with van der Waals surface area (Å²) in [5, 5.41) is 3.55. The zero-order valence-corrected chi connectivity index (χ0v) is 16.5. The van der Waals surface area contributed by atoms with Crippen LogP contribution in [0.25, 0.3) is 0 Å². The maximum Gasteiger partial charge on any atom is 0.229 e. The van der Waals surface area contributed by atoms with Crippen molar-refractivity contribution in [3.05, 3.63) is 52.5 Å². The molecule has 0 bridgehead atoms. The number of benzene rings is 2. The summed E-state index contributed by atoms with van der Waals surface area (Å²) in [5.74, 6) is -0.130. The SMILES string of the molecule is CCc1ccccc1NC(=O)C1CC(=O)N(c2cc(C)c(Cl)cc2OC)C1. The molecule has 0 radical (unpaired) electrons. The highest BCUT2D eigenvalue weighted by Gasteiger charge is 2.36. The normalized spacial score (nSPS) is 16.5. The van der Waals surface area contributed by atoms with Gasteiger partial charge in [-0.2, -0.15) is 0 Å². The summed E-state index contributed by atoms with van der Waals surface area (Å²) in [7, 11) is 1.54. The molecule has 1 fully saturated rings. The minimum absolute atomic E-state index is 0.0982. The molecule has 2 aromatic rings. The summed E-state index contributed by atoms with van der Waals surface area (Å²) in [6.45, 7) is 4.23. The van der Waals surface area contributed by atoms with Crippen LogP contribution in [-0.2, 0) is 16.0 Å². The van der Waals surface area contributed by atoms with Crippen LogP contribution in [0.2, 0.25) is 5.02 Å². The van der Waals surface area contributed by atoms with E-state index >= 15 is 0 Å². The second kappa shape index (κ2) is 8.01. The second-order valence-corrected chi connectivity index (χ2v) is 7.09. The van der Waals surface area contributed by atoms with Gasteiger partial charge in [-0.3, -0.25) is 9.59 Å². The average Bonchev–Trinajstić information content (AvgIpc) is 3.05. The number of nitrogens with zero attached hydrogens (tertiary/aromatic N) is 1. The van der Waals surface area contributed by atoms with Crippen molar-refractivity contribution < 1.29 is 14.3 Å². The van der Waals surface area contributed by atoms with Crippen molar-refractivity contribution in [1.29, 1.82) is 0 Å². The van der Waals surface area contributed by atoms with E-state index in [1.807, 2.05) is 44.2 Å². The number of hydrogen-bond acceptors (Lipinski definition) is 3. The molecule has 2 amide bonds. The molecular weight excluding hydrogens is 364 g/mol. The van der Waals surface area contributed by atoms with Gasteiger partial charge >= 0.3 is 0 Å². The van der Waals surface area contributed by atoms with Crippen LogP contribution >= 0.6 is 11.6 Å². The summed E-state index contributed by atoms with van der Waals surface area (Å²) < 4.78 is 5.38. The molecule has 3 rings (SSSR count). The van der Waals surface area contributed by atoms with Gasteiger partial charge < -0.3 is 15.0 Å². The highest BCUT2D eigenvalue weighted by Crippen LogP contribution is 2.37. The predicted octanol–water partition coefficient (Wildman–Crippen LogP) is 4.21. The van der Waals surface area contributed by atoms with E-state index in [2.05, 4.69) is 5.32 Å². The van der Waals surface area contributed by atoms with Gasteiger partial charge in [0.25, 0.3) is 0 Å². The Bertz CT molecular complexity index is 882. The predicted molar refractivity (Wildman–Crippen MR) is 108 cm³/mol. The molecule has 1 unspecified atom stereocenters. The minimum atomic E-state index is -0.414. The lowest BCUT2D eigenvalue weighted by Gasteiger charge is -2.21. The van der Waals surface area contributed by atoms with E-state index in [0.717, 1.165) is 23.2 Å². The molecule has 1 aliphatic heterocycles. The number of anilines is 2. The number of aryl methyl sites for hydroxylation is 2. The number of carbonyl (C=O) groups excluding carboxylic acids is 2. The Balaban J connectivity index is 1.79. The van der Waals surface area contributed by atoms with Gasteiger partial charge in [0.1, 0.15) is 5.75 Å². The Labute approximate surface area is 164 Å². The van der Waals surface area contributed by atoms with Crippen LogP contribution in [0.15, 0.2) is 36.4 Å². The molecule has 6 heteroatoms. The molecule has 0 aromatic heterocycles. The number of methoxy groups -OCH3 is 1. The molecule has 0 aliphatic carbocycles. The second-order valence-electron chi connectivity index (χ2n) is 6.68. The third kappa shape index (κ3) is 3.93. The number of hydrogen-bond donors (Lipinski definition) is 1. The van der Waals surface area contributed by atoms with Gasteiger partial charge in [0, 0.05) is 29.7 Å². The van der Waals surface area contributed by atoms with Crippen LogP contribution in [0.1, 0.15) is 24.5 Å². The summed E-state index contributed by atoms with van der Waals surface area (Å²) >= 11 is 6.16. The fraction of sp³-hybridized carbons (Fsp3) is 0.333. The molecule has 2 aromatic carbocycles. The Morgan fingerprint density at radius 1 is 1.33 bits per heavy atom. The minimum Gasteiger partial charge on any atom is -0.495 e. The number of halogens is 1. The molecule has 1 N–H and O–H groups in total. The average molecular weight is 387 g/mol. The first-order chi connectivity index (χ1) is 12.9. The zero-order chi connectivity index (χ0) is 19.6. The monoisotopic (exact) mass is 386 g/mol. The Morgan fingerprint density at radius 2 is 2.07 bits per heavy atom. The largest absolute Gasteiger partial charge is 0.495 e. The van der Waals surface area contributed by atoms with Crippen LogP contribution in [0.5, 0.6) is 5.75 Å². The molecule has 0 spiro atoms. The summed E-state index contributed by atoms with van der Waals surface area (Å²) in [5.41, 5.74) is 3.37. The molecule has 1 atom stereocenters. The van der Waals surface area contributed by atoms with Crippen LogP contribution in [-0.4, -0.2) is 25.5 Å². The first-order valence-corrected chi connectivity index (χ1v) is 9.35. The Morgan fingerprint density at radius 3 is 2.78 bits per heavy atom. The highest BCUT2D eigenvalue weighted by atomic mass is 35.5. The van der Waals surface area contributed by atoms with Crippen molar-refractivity contribution in [2.75, 3.05) is 23.9 Å². The Kier molecular flexibility index (Phi) is 5.71. The maximum atomic E-state index is 12.7. The van der Waals surface area contributed by atoms with Gasteiger partial charge in [-0.25, -0.2) is 0 Å². The number of ether oxygens (including phenoxy) is 1. The maximum absolute atomic E-state index is 12.7. The van der Waals surface area contributed by atoms with Gasteiger partial charge in [-0.1, -0.05) is 36.7 Å². The van der Waals surface area contributed by atoms with E-state index in [4.69, 9.17) is 16.3 Å². The fourth-order valence-corrected chi connectivity index (χ4v) is 3.48. The third-order valence-corrected chi connectivity index (χ3v) is 5.31. The van der Waals surface area contributed by atoms with Gasteiger partial charge in [0.05, 0.1) is 18.7 Å². The van der Waals surface area contributed by atoms with Crippen molar-refractivity contribution in [2.45, 2.75) is 26.7 Å². The molecule has 142 valence electrons. The summed E-state index contributed by atoms with van der Waals surface area (Å²) in [6.07, 6.45) is 0.998. The highest BCUT2D eigenvalue weighted by molar-refractivity contribution is 6.31. The lowest BCUT2D eigenvalue weighted by Crippen LogP contribution is -2.28. The van der Waals surface area contributed by atoms with Crippen molar-refractivity contribution in [3.63, 3.8) is 0 Å². The van der Waals surface area contributed by atoms with Crippen molar-refractivity contribution in [2.24, 2.45) is 5.92 Å². The van der Waals surface area contributed by atoms with Crippen molar-refractivity contribution >= 4 is 34.8 Å². The van der Waals surface area contributed by atoms with Crippen LogP contribution in [0.4, 0.5) is 11.4 Å². The lowest BCUT2D eigenvalue weighted by atomic mass is 10.1. The van der Waals surface area contributed by atoms with Gasteiger partial charge in [-0.05, 0) is 36.6 Å². The molecule has 1 aliphatic rings. The molecule has 1 heterocycles. The molecule has 1 saturated heterocycles. The van der Waals surface area contributed by atoms with Gasteiger partial charge in [-0.15, -0.1) is 0 Å². The molecular formula is C21H23ClN2O3. The quantitative estimate of drug-likeness (QED) is 0.837. The van der Waals surface area contributed by atoms with Gasteiger partial charge in [0.15, 0.2) is 0 Å². The van der Waals surface area contributed by atoms with Crippen molar-refractivity contribution in [1.82, 2.24) is 0 Å². The number of nitrogens with one attached hydrogen (secondary N) is 1. The standard InChI is InChI=1S/C21H23ClN2O3/c1-4-14-7-5-6-8-17(14)23-21(26)15-10-20(25)24(12-15)18-9-13(2)16(22)11-19(18)27-3/h5-9,11,15H,4,10,12H2,1-3H3,(H,23,26). The smallest absolute Gasteiger partial charge is 0.229 e. The molecule has 0 saturated carbocycles. The summed E-state index contributed by atoms with van der Waals surface area (Å²) in [4.78, 5) is 26.9. The van der Waals surface area contributed by atoms with E-state index < -0.39 is 5.92 Å². The zero-order valence-electron chi connectivity index (χ0n) is 15.7. The van der Waals surface area contributed by atoms with E-state index in [1.165, 1.54) is 7.11 Å². The van der Waals surface area contributed by atoms with Crippen LogP contribution in [0.3, 0.4) is 0 Å². The Hall–Kier alpha value is -2.53. The number of amides is 2. The van der Waals surface area contributed by atoms with E-state index in [-0.39, 0.29) is 18.2 Å². The van der Waals surface area contributed by atoms with E-state index in [0.29, 0.717) is 23.0 Å². The molecule has 5 nitrogen and oxygen atoms in total. The fourth-order valence-electron chi connectivity index (χ4n) is 3.32.